The summed E-state index contributed by atoms with van der Waals surface area (Å²) in [6.07, 6.45) is 0.900. The number of rotatable bonds is 8. The summed E-state index contributed by atoms with van der Waals surface area (Å²) in [4.78, 5) is 15.6. The van der Waals surface area contributed by atoms with Gasteiger partial charge in [0, 0.05) is 24.7 Å². The highest BCUT2D eigenvalue weighted by Gasteiger charge is 2.34. The maximum atomic E-state index is 13.1. The van der Waals surface area contributed by atoms with E-state index in [1.54, 1.807) is 45.6 Å². The van der Waals surface area contributed by atoms with E-state index in [9.17, 15) is 4.79 Å². The zero-order valence-corrected chi connectivity index (χ0v) is 21.1. The number of ether oxygens (including phenoxy) is 3. The van der Waals surface area contributed by atoms with E-state index in [4.69, 9.17) is 14.2 Å². The summed E-state index contributed by atoms with van der Waals surface area (Å²) < 4.78 is 16.4. The number of fused-ring (bicyclic) bond motifs is 1. The van der Waals surface area contributed by atoms with E-state index in [0.29, 0.717) is 11.3 Å². The number of hydrogen-bond acceptors (Lipinski definition) is 5. The van der Waals surface area contributed by atoms with Crippen molar-refractivity contribution >= 4 is 5.91 Å². The Kier molecular flexibility index (Phi) is 7.61. The van der Waals surface area contributed by atoms with Gasteiger partial charge in [-0.2, -0.15) is 0 Å². The Bertz CT molecular complexity index is 1180. The van der Waals surface area contributed by atoms with Crippen LogP contribution in [0, 0.1) is 6.92 Å². The molecule has 0 fully saturated rings. The van der Waals surface area contributed by atoms with Crippen LogP contribution in [-0.2, 0) is 13.0 Å². The van der Waals surface area contributed by atoms with E-state index in [-0.39, 0.29) is 18.0 Å². The lowest BCUT2D eigenvalue weighted by Crippen LogP contribution is -2.47. The highest BCUT2D eigenvalue weighted by Crippen LogP contribution is 2.40. The molecule has 3 aromatic carbocycles. The quantitative estimate of drug-likeness (QED) is 0.501. The van der Waals surface area contributed by atoms with Crippen LogP contribution in [0.1, 0.15) is 45.6 Å². The molecule has 1 amide bonds. The topological polar surface area (TPSA) is 60.0 Å². The summed E-state index contributed by atoms with van der Waals surface area (Å²) >= 11 is 0. The molecule has 1 heterocycles. The molecule has 4 rings (SSSR count). The van der Waals surface area contributed by atoms with E-state index in [1.165, 1.54) is 16.7 Å². The summed E-state index contributed by atoms with van der Waals surface area (Å²) in [7, 11) is 4.93. The van der Waals surface area contributed by atoms with Crippen molar-refractivity contribution in [1.29, 1.82) is 0 Å². The third kappa shape index (κ3) is 5.43. The van der Waals surface area contributed by atoms with E-state index in [1.807, 2.05) is 0 Å². The number of hydrogen-bond donors (Lipinski definition) is 1. The monoisotopic (exact) mass is 474 g/mol. The minimum atomic E-state index is -0.147. The first-order valence-corrected chi connectivity index (χ1v) is 11.9. The second-order valence-electron chi connectivity index (χ2n) is 9.05. The van der Waals surface area contributed by atoms with Crippen LogP contribution in [0.4, 0.5) is 0 Å². The number of benzene rings is 3. The van der Waals surface area contributed by atoms with Crippen molar-refractivity contribution < 1.29 is 19.0 Å². The largest absolute Gasteiger partial charge is 0.497 e. The highest BCUT2D eigenvalue weighted by atomic mass is 16.5. The molecule has 0 saturated carbocycles. The van der Waals surface area contributed by atoms with Gasteiger partial charge < -0.3 is 19.5 Å². The number of aryl methyl sites for hydroxylation is 1. The first kappa shape index (κ1) is 24.6. The van der Waals surface area contributed by atoms with Gasteiger partial charge in [-0.3, -0.25) is 9.69 Å². The molecule has 0 spiro atoms. The summed E-state index contributed by atoms with van der Waals surface area (Å²) in [5.41, 5.74) is 5.48. The van der Waals surface area contributed by atoms with Crippen molar-refractivity contribution in [3.63, 3.8) is 0 Å². The normalized spacial score (nSPS) is 16.2. The minimum absolute atomic E-state index is 0.0266. The zero-order valence-electron chi connectivity index (χ0n) is 21.1. The second kappa shape index (κ2) is 10.8. The fourth-order valence-corrected chi connectivity index (χ4v) is 4.95. The zero-order chi connectivity index (χ0) is 24.9. The standard InChI is InChI=1S/C29H34N2O4/c1-19-7-6-8-21(15-19)18-31-14-13-23-16-26(34-4)27(35-5)17-25(23)28(31)20(2)30-29(32)22-9-11-24(33-3)12-10-22/h6-12,15-17,20,28H,13-14,18H2,1-5H3,(H,30,32)/t20-,28+/m0/s1. The molecule has 1 N–H and O–H groups in total. The molecule has 0 bridgehead atoms. The molecule has 1 aliphatic rings. The third-order valence-corrected chi connectivity index (χ3v) is 6.68. The summed E-state index contributed by atoms with van der Waals surface area (Å²) in [6.45, 7) is 5.86. The van der Waals surface area contributed by atoms with Gasteiger partial charge >= 0.3 is 0 Å². The molecule has 3 aromatic rings. The molecular formula is C29H34N2O4. The Balaban J connectivity index is 1.66. The summed E-state index contributed by atoms with van der Waals surface area (Å²) in [6, 6.07) is 19.7. The van der Waals surface area contributed by atoms with Crippen molar-refractivity contribution in [3.8, 4) is 17.2 Å². The van der Waals surface area contributed by atoms with Crippen molar-refractivity contribution in [1.82, 2.24) is 10.2 Å². The minimum Gasteiger partial charge on any atom is -0.497 e. The molecule has 184 valence electrons. The molecule has 0 unspecified atom stereocenters. The predicted molar refractivity (Wildman–Crippen MR) is 138 cm³/mol. The van der Waals surface area contributed by atoms with Crippen LogP contribution in [0.5, 0.6) is 17.2 Å². The van der Waals surface area contributed by atoms with E-state index < -0.39 is 0 Å². The maximum Gasteiger partial charge on any atom is 0.251 e. The Morgan fingerprint density at radius 3 is 2.37 bits per heavy atom. The van der Waals surface area contributed by atoms with E-state index in [2.05, 4.69) is 60.5 Å². The molecule has 6 nitrogen and oxygen atoms in total. The van der Waals surface area contributed by atoms with E-state index in [0.717, 1.165) is 36.6 Å². The lowest BCUT2D eigenvalue weighted by molar-refractivity contribution is 0.0877. The number of nitrogens with zero attached hydrogens (tertiary/aromatic N) is 1. The van der Waals surface area contributed by atoms with Gasteiger partial charge in [-0.1, -0.05) is 29.8 Å². The molecule has 2 atom stereocenters. The lowest BCUT2D eigenvalue weighted by atomic mass is 9.87. The van der Waals surface area contributed by atoms with Crippen molar-refractivity contribution in [2.75, 3.05) is 27.9 Å². The smallest absolute Gasteiger partial charge is 0.251 e. The number of nitrogens with one attached hydrogen (secondary N) is 1. The Morgan fingerprint density at radius 2 is 1.71 bits per heavy atom. The van der Waals surface area contributed by atoms with Crippen molar-refractivity contribution in [2.24, 2.45) is 0 Å². The molecule has 6 heteroatoms. The Morgan fingerprint density at radius 1 is 1.00 bits per heavy atom. The highest BCUT2D eigenvalue weighted by molar-refractivity contribution is 5.94. The molecule has 0 aliphatic carbocycles. The van der Waals surface area contributed by atoms with Gasteiger partial charge in [0.2, 0.25) is 0 Å². The molecule has 0 radical (unpaired) electrons. The number of carbonyl (C=O) groups excluding carboxylic acids is 1. The summed E-state index contributed by atoms with van der Waals surface area (Å²) in [5.74, 6) is 2.04. The van der Waals surface area contributed by atoms with Gasteiger partial charge in [0.1, 0.15) is 5.75 Å². The number of carbonyl (C=O) groups is 1. The molecule has 0 saturated heterocycles. The first-order chi connectivity index (χ1) is 16.9. The van der Waals surface area contributed by atoms with Crippen molar-refractivity contribution in [2.45, 2.75) is 38.9 Å². The van der Waals surface area contributed by atoms with Gasteiger partial charge in [-0.05, 0) is 73.4 Å². The van der Waals surface area contributed by atoms with Gasteiger partial charge in [0.15, 0.2) is 11.5 Å². The van der Waals surface area contributed by atoms with E-state index >= 15 is 0 Å². The number of methoxy groups -OCH3 is 3. The molecular weight excluding hydrogens is 440 g/mol. The van der Waals surface area contributed by atoms with Crippen LogP contribution in [0.15, 0.2) is 60.7 Å². The first-order valence-electron chi connectivity index (χ1n) is 11.9. The fraction of sp³-hybridized carbons (Fsp3) is 0.345. The maximum absolute atomic E-state index is 13.1. The molecule has 1 aliphatic heterocycles. The van der Waals surface area contributed by atoms with Gasteiger partial charge in [0.05, 0.1) is 27.4 Å². The Hall–Kier alpha value is -3.51. The molecule has 0 aromatic heterocycles. The second-order valence-corrected chi connectivity index (χ2v) is 9.05. The van der Waals surface area contributed by atoms with Gasteiger partial charge in [0.25, 0.3) is 5.91 Å². The van der Waals surface area contributed by atoms with Crippen LogP contribution < -0.4 is 19.5 Å². The van der Waals surface area contributed by atoms with Crippen LogP contribution >= 0.6 is 0 Å². The van der Waals surface area contributed by atoms with Gasteiger partial charge in [-0.25, -0.2) is 0 Å². The van der Waals surface area contributed by atoms with Gasteiger partial charge in [-0.15, -0.1) is 0 Å². The fourth-order valence-electron chi connectivity index (χ4n) is 4.95. The molecule has 35 heavy (non-hydrogen) atoms. The van der Waals surface area contributed by atoms with Crippen LogP contribution in [0.25, 0.3) is 0 Å². The third-order valence-electron chi connectivity index (χ3n) is 6.68. The average molecular weight is 475 g/mol. The Labute approximate surface area is 207 Å². The van der Waals surface area contributed by atoms with Crippen molar-refractivity contribution in [3.05, 3.63) is 88.5 Å². The van der Waals surface area contributed by atoms with Crippen LogP contribution in [0.3, 0.4) is 0 Å². The number of amides is 1. The van der Waals surface area contributed by atoms with Crippen LogP contribution in [0.2, 0.25) is 0 Å². The average Bonchev–Trinajstić information content (AvgIpc) is 2.87. The van der Waals surface area contributed by atoms with Crippen LogP contribution in [-0.4, -0.2) is 44.7 Å². The SMILES string of the molecule is COc1ccc(C(=O)N[C@@H](C)[C@@H]2c3cc(OC)c(OC)cc3CCN2Cc2cccc(C)c2)cc1. The lowest BCUT2D eigenvalue weighted by Gasteiger charge is -2.41. The predicted octanol–water partition coefficient (Wildman–Crippen LogP) is 4.94. The summed E-state index contributed by atoms with van der Waals surface area (Å²) in [5, 5.41) is 3.24.